The molecular weight excluding hydrogens is 375 g/mol. The second-order valence-electron chi connectivity index (χ2n) is 6.89. The van der Waals surface area contributed by atoms with Crippen LogP contribution in [-0.2, 0) is 22.3 Å². The molecule has 28 heavy (non-hydrogen) atoms. The lowest BCUT2D eigenvalue weighted by molar-refractivity contribution is -0.137. The van der Waals surface area contributed by atoms with Gasteiger partial charge in [0.25, 0.3) is 0 Å². The number of nitrogens with zero attached hydrogens (tertiary/aromatic N) is 2. The summed E-state index contributed by atoms with van der Waals surface area (Å²) in [5.41, 5.74) is 0.0110. The third-order valence-corrected chi connectivity index (χ3v) is 4.53. The Kier molecular flexibility index (Phi) is 7.68. The van der Waals surface area contributed by atoms with Crippen molar-refractivity contribution in [3.05, 3.63) is 35.4 Å². The monoisotopic (exact) mass is 401 g/mol. The quantitative estimate of drug-likeness (QED) is 0.796. The van der Waals surface area contributed by atoms with Crippen LogP contribution in [0.3, 0.4) is 0 Å². The van der Waals surface area contributed by atoms with E-state index < -0.39 is 11.7 Å². The normalized spacial score (nSPS) is 15.6. The molecule has 156 valence electrons. The van der Waals surface area contributed by atoms with Gasteiger partial charge in [0.15, 0.2) is 0 Å². The van der Waals surface area contributed by atoms with Crippen molar-refractivity contribution in [2.75, 3.05) is 33.3 Å². The Labute approximate surface area is 162 Å². The molecule has 0 aliphatic carbocycles. The fourth-order valence-electron chi connectivity index (χ4n) is 3.11. The lowest BCUT2D eigenvalue weighted by Gasteiger charge is -2.32. The van der Waals surface area contributed by atoms with Crippen LogP contribution in [0, 0.1) is 0 Å². The molecule has 1 heterocycles. The van der Waals surface area contributed by atoms with Gasteiger partial charge in [0.2, 0.25) is 5.91 Å². The summed E-state index contributed by atoms with van der Waals surface area (Å²) in [7, 11) is 1.74. The number of alkyl halides is 3. The first-order valence-electron chi connectivity index (χ1n) is 9.24. The predicted octanol–water partition coefficient (Wildman–Crippen LogP) is 2.87. The lowest BCUT2D eigenvalue weighted by atomic mass is 10.1. The van der Waals surface area contributed by atoms with Crippen molar-refractivity contribution in [3.8, 4) is 0 Å². The number of hydrogen-bond donors (Lipinski definition) is 1. The van der Waals surface area contributed by atoms with E-state index in [-0.39, 0.29) is 24.6 Å². The maximum atomic E-state index is 12.6. The Hall–Kier alpha value is -2.29. The fourth-order valence-corrected chi connectivity index (χ4v) is 3.11. The molecule has 0 atom stereocenters. The molecule has 0 radical (unpaired) electrons. The highest BCUT2D eigenvalue weighted by molar-refractivity contribution is 5.78. The summed E-state index contributed by atoms with van der Waals surface area (Å²) in [6, 6.07) is 4.92. The van der Waals surface area contributed by atoms with E-state index in [1.54, 1.807) is 23.8 Å². The summed E-state index contributed by atoms with van der Waals surface area (Å²) in [5, 5.41) is 2.95. The number of hydrogen-bond acceptors (Lipinski definition) is 4. The highest BCUT2D eigenvalue weighted by Crippen LogP contribution is 2.29. The molecule has 0 unspecified atom stereocenters. The zero-order valence-corrected chi connectivity index (χ0v) is 16.1. The van der Waals surface area contributed by atoms with Crippen LogP contribution >= 0.6 is 0 Å². The van der Waals surface area contributed by atoms with Crippen LogP contribution in [0.5, 0.6) is 0 Å². The number of carbonyl (C=O) groups is 2. The first kappa shape index (κ1) is 22.0. The first-order chi connectivity index (χ1) is 13.2. The standard InChI is InChI=1S/C19H26F3N3O3/c1-3-28-18(27)25-10-8-16(9-11-25)23-17(26)13-24(2)12-14-4-6-15(7-5-14)19(20,21)22/h4-7,16H,3,8-13H2,1-2H3,(H,23,26). The molecule has 1 saturated heterocycles. The fraction of sp³-hybridized carbons (Fsp3) is 0.579. The van der Waals surface area contributed by atoms with Gasteiger partial charge in [0.05, 0.1) is 18.7 Å². The second kappa shape index (κ2) is 9.77. The van der Waals surface area contributed by atoms with Gasteiger partial charge in [0.1, 0.15) is 0 Å². The van der Waals surface area contributed by atoms with Gasteiger partial charge in [0, 0.05) is 25.7 Å². The SMILES string of the molecule is CCOC(=O)N1CCC(NC(=O)CN(C)Cc2ccc(C(F)(F)F)cc2)CC1. The van der Waals surface area contributed by atoms with Gasteiger partial charge in [-0.05, 0) is 44.5 Å². The van der Waals surface area contributed by atoms with E-state index in [9.17, 15) is 22.8 Å². The van der Waals surface area contributed by atoms with Gasteiger partial charge in [-0.15, -0.1) is 0 Å². The zero-order chi connectivity index (χ0) is 20.7. The van der Waals surface area contributed by atoms with E-state index in [2.05, 4.69) is 5.32 Å². The molecule has 1 aromatic rings. The van der Waals surface area contributed by atoms with Crippen molar-refractivity contribution in [2.24, 2.45) is 0 Å². The third kappa shape index (κ3) is 6.70. The van der Waals surface area contributed by atoms with Crippen LogP contribution < -0.4 is 5.32 Å². The van der Waals surface area contributed by atoms with Crippen molar-refractivity contribution in [1.29, 1.82) is 0 Å². The van der Waals surface area contributed by atoms with E-state index in [1.165, 1.54) is 12.1 Å². The topological polar surface area (TPSA) is 61.9 Å². The summed E-state index contributed by atoms with van der Waals surface area (Å²) >= 11 is 0. The summed E-state index contributed by atoms with van der Waals surface area (Å²) in [6.45, 7) is 3.66. The van der Waals surface area contributed by atoms with Gasteiger partial charge >= 0.3 is 12.3 Å². The van der Waals surface area contributed by atoms with Crippen LogP contribution in [0.15, 0.2) is 24.3 Å². The molecule has 1 aliphatic heterocycles. The number of nitrogens with one attached hydrogen (secondary N) is 1. The van der Waals surface area contributed by atoms with Gasteiger partial charge in [-0.2, -0.15) is 13.2 Å². The molecule has 1 aliphatic rings. The van der Waals surface area contributed by atoms with Crippen LogP contribution in [0.1, 0.15) is 30.9 Å². The molecular formula is C19H26F3N3O3. The molecule has 2 amide bonds. The zero-order valence-electron chi connectivity index (χ0n) is 16.1. The number of ether oxygens (including phenoxy) is 1. The number of carbonyl (C=O) groups excluding carboxylic acids is 2. The molecule has 2 rings (SSSR count). The van der Waals surface area contributed by atoms with Gasteiger partial charge in [-0.25, -0.2) is 4.79 Å². The van der Waals surface area contributed by atoms with Crippen molar-refractivity contribution < 1.29 is 27.5 Å². The second-order valence-corrected chi connectivity index (χ2v) is 6.89. The third-order valence-electron chi connectivity index (χ3n) is 4.53. The molecule has 9 heteroatoms. The molecule has 0 spiro atoms. The molecule has 1 aromatic carbocycles. The highest BCUT2D eigenvalue weighted by Gasteiger charge is 2.30. The van der Waals surface area contributed by atoms with Gasteiger partial charge in [-0.1, -0.05) is 12.1 Å². The lowest BCUT2D eigenvalue weighted by Crippen LogP contribution is -2.48. The minimum Gasteiger partial charge on any atom is -0.450 e. The number of likely N-dealkylation sites (N-methyl/N-ethyl adjacent to an activating group) is 1. The molecule has 1 N–H and O–H groups in total. The molecule has 6 nitrogen and oxygen atoms in total. The van der Waals surface area contributed by atoms with Gasteiger partial charge < -0.3 is 15.0 Å². The number of piperidine rings is 1. The number of likely N-dealkylation sites (tertiary alicyclic amines) is 1. The molecule has 1 fully saturated rings. The van der Waals surface area contributed by atoms with Crippen molar-refractivity contribution in [1.82, 2.24) is 15.1 Å². The van der Waals surface area contributed by atoms with Crippen molar-refractivity contribution in [2.45, 2.75) is 38.5 Å². The summed E-state index contributed by atoms with van der Waals surface area (Å²) in [4.78, 5) is 27.2. The molecule has 0 saturated carbocycles. The Morgan fingerprint density at radius 3 is 2.36 bits per heavy atom. The van der Waals surface area contributed by atoms with E-state index >= 15 is 0 Å². The van der Waals surface area contributed by atoms with E-state index in [4.69, 9.17) is 4.74 Å². The smallest absolute Gasteiger partial charge is 0.416 e. The first-order valence-corrected chi connectivity index (χ1v) is 9.24. The van der Waals surface area contributed by atoms with E-state index in [0.717, 1.165) is 12.1 Å². The van der Waals surface area contributed by atoms with Crippen LogP contribution in [-0.4, -0.2) is 61.1 Å². The van der Waals surface area contributed by atoms with Crippen molar-refractivity contribution in [3.63, 3.8) is 0 Å². The minimum absolute atomic E-state index is 0.00218. The predicted molar refractivity (Wildman–Crippen MR) is 97.5 cm³/mol. The molecule has 0 aromatic heterocycles. The average Bonchev–Trinajstić information content (AvgIpc) is 2.62. The Morgan fingerprint density at radius 1 is 1.21 bits per heavy atom. The largest absolute Gasteiger partial charge is 0.450 e. The Balaban J connectivity index is 1.73. The Bertz CT molecular complexity index is 657. The minimum atomic E-state index is -4.35. The number of benzene rings is 1. The van der Waals surface area contributed by atoms with Crippen LogP contribution in [0.4, 0.5) is 18.0 Å². The highest BCUT2D eigenvalue weighted by atomic mass is 19.4. The van der Waals surface area contributed by atoms with E-state index in [1.807, 2.05) is 0 Å². The number of halogens is 3. The van der Waals surface area contributed by atoms with Crippen molar-refractivity contribution >= 4 is 12.0 Å². The summed E-state index contributed by atoms with van der Waals surface area (Å²) in [6.07, 6.45) is -3.36. The summed E-state index contributed by atoms with van der Waals surface area (Å²) in [5.74, 6) is -0.149. The Morgan fingerprint density at radius 2 is 1.82 bits per heavy atom. The van der Waals surface area contributed by atoms with Crippen LogP contribution in [0.25, 0.3) is 0 Å². The maximum absolute atomic E-state index is 12.6. The van der Waals surface area contributed by atoms with E-state index in [0.29, 0.717) is 44.6 Å². The van der Waals surface area contributed by atoms with Crippen LogP contribution in [0.2, 0.25) is 0 Å². The van der Waals surface area contributed by atoms with Gasteiger partial charge in [-0.3, -0.25) is 9.69 Å². The number of rotatable bonds is 6. The average molecular weight is 401 g/mol. The maximum Gasteiger partial charge on any atom is 0.416 e. The number of amides is 2. The summed E-state index contributed by atoms with van der Waals surface area (Å²) < 4.78 is 42.7. The molecule has 0 bridgehead atoms.